The van der Waals surface area contributed by atoms with Crippen LogP contribution in [0.3, 0.4) is 0 Å². The Morgan fingerprint density at radius 1 is 1.04 bits per heavy atom. The normalized spacial score (nSPS) is 16.4. The maximum absolute atomic E-state index is 4.81. The number of nitrogens with one attached hydrogen (secondary N) is 1. The molecule has 0 saturated carbocycles. The first-order valence-corrected chi connectivity index (χ1v) is 10.0. The number of hydrogen-bond acceptors (Lipinski definition) is 3. The monoisotopic (exact) mass is 493 g/mol. The number of hydrogen-bond donors (Lipinski definition) is 1. The molecule has 1 fully saturated rings. The molecule has 1 aliphatic rings. The minimum atomic E-state index is 0. The second-order valence-electron chi connectivity index (χ2n) is 6.85. The molecule has 0 amide bonds. The number of piperazine rings is 1. The van der Waals surface area contributed by atoms with Crippen molar-refractivity contribution >= 4 is 29.9 Å². The first kappa shape index (κ1) is 22.6. The van der Waals surface area contributed by atoms with Gasteiger partial charge in [-0.2, -0.15) is 0 Å². The van der Waals surface area contributed by atoms with E-state index in [0.29, 0.717) is 12.6 Å². The Labute approximate surface area is 186 Å². The van der Waals surface area contributed by atoms with Gasteiger partial charge in [0.2, 0.25) is 0 Å². The van der Waals surface area contributed by atoms with E-state index in [0.717, 1.165) is 50.8 Å². The van der Waals surface area contributed by atoms with E-state index in [1.54, 1.807) is 0 Å². The second kappa shape index (κ2) is 12.0. The van der Waals surface area contributed by atoms with Crippen LogP contribution in [0.5, 0.6) is 0 Å². The van der Waals surface area contributed by atoms with Crippen molar-refractivity contribution in [2.75, 3.05) is 32.7 Å². The predicted molar refractivity (Wildman–Crippen MR) is 127 cm³/mol. The van der Waals surface area contributed by atoms with Gasteiger partial charge in [-0.15, -0.1) is 24.0 Å². The van der Waals surface area contributed by atoms with Crippen LogP contribution in [0.15, 0.2) is 59.7 Å². The SMILES string of the molecule is CCNC(=NCc1ccccn1)N1CCN(C(CC)c2ccccc2)CC1.I. The molecule has 3 rings (SSSR count). The highest BCUT2D eigenvalue weighted by Gasteiger charge is 2.25. The van der Waals surface area contributed by atoms with Crippen LogP contribution in [-0.4, -0.2) is 53.5 Å². The van der Waals surface area contributed by atoms with E-state index in [4.69, 9.17) is 4.99 Å². The van der Waals surface area contributed by atoms with E-state index in [-0.39, 0.29) is 24.0 Å². The Morgan fingerprint density at radius 2 is 1.75 bits per heavy atom. The summed E-state index contributed by atoms with van der Waals surface area (Å²) in [5.41, 5.74) is 2.42. The van der Waals surface area contributed by atoms with Gasteiger partial charge in [-0.25, -0.2) is 4.99 Å². The summed E-state index contributed by atoms with van der Waals surface area (Å²) in [7, 11) is 0. The van der Waals surface area contributed by atoms with Crippen LogP contribution in [0.25, 0.3) is 0 Å². The molecular formula is C22H32IN5. The fourth-order valence-corrected chi connectivity index (χ4v) is 3.70. The van der Waals surface area contributed by atoms with Crippen molar-refractivity contribution in [1.82, 2.24) is 20.1 Å². The molecule has 1 atom stereocenters. The zero-order valence-corrected chi connectivity index (χ0v) is 19.3. The smallest absolute Gasteiger partial charge is 0.194 e. The van der Waals surface area contributed by atoms with Gasteiger partial charge in [0.15, 0.2) is 5.96 Å². The lowest BCUT2D eigenvalue weighted by Crippen LogP contribution is -2.53. The molecule has 152 valence electrons. The summed E-state index contributed by atoms with van der Waals surface area (Å²) in [4.78, 5) is 14.2. The number of aromatic nitrogens is 1. The Bertz CT molecular complexity index is 699. The molecule has 2 heterocycles. The number of rotatable bonds is 6. The molecule has 0 radical (unpaired) electrons. The van der Waals surface area contributed by atoms with Crippen LogP contribution < -0.4 is 5.32 Å². The lowest BCUT2D eigenvalue weighted by Gasteiger charge is -2.40. The Morgan fingerprint density at radius 3 is 2.36 bits per heavy atom. The fraction of sp³-hybridized carbons (Fsp3) is 0.455. The van der Waals surface area contributed by atoms with Gasteiger partial charge in [-0.05, 0) is 31.0 Å². The molecule has 1 aromatic carbocycles. The third-order valence-corrected chi connectivity index (χ3v) is 5.08. The molecule has 0 spiro atoms. The molecule has 2 aromatic rings. The quantitative estimate of drug-likeness (QED) is 0.376. The van der Waals surface area contributed by atoms with Crippen molar-refractivity contribution in [3.8, 4) is 0 Å². The average molecular weight is 493 g/mol. The van der Waals surface area contributed by atoms with Gasteiger partial charge in [0.1, 0.15) is 0 Å². The van der Waals surface area contributed by atoms with Crippen molar-refractivity contribution in [1.29, 1.82) is 0 Å². The number of benzene rings is 1. The first-order chi connectivity index (χ1) is 13.3. The van der Waals surface area contributed by atoms with Crippen molar-refractivity contribution in [3.63, 3.8) is 0 Å². The number of guanidine groups is 1. The van der Waals surface area contributed by atoms with Crippen LogP contribution in [-0.2, 0) is 6.54 Å². The molecule has 6 heteroatoms. The zero-order chi connectivity index (χ0) is 18.9. The zero-order valence-electron chi connectivity index (χ0n) is 16.9. The standard InChI is InChI=1S/C22H31N5.HI/c1-3-21(19-10-6-5-7-11-19)26-14-16-27(17-15-26)22(23-4-2)25-18-20-12-8-9-13-24-20;/h5-13,21H,3-4,14-18H2,1-2H3,(H,23,25);1H. The van der Waals surface area contributed by atoms with Crippen LogP contribution in [0, 0.1) is 0 Å². The molecule has 0 bridgehead atoms. The van der Waals surface area contributed by atoms with Crippen LogP contribution in [0.4, 0.5) is 0 Å². The van der Waals surface area contributed by atoms with Crippen molar-refractivity contribution < 1.29 is 0 Å². The molecular weight excluding hydrogens is 461 g/mol. The number of nitrogens with zero attached hydrogens (tertiary/aromatic N) is 4. The number of aliphatic imine (C=N–C) groups is 1. The maximum atomic E-state index is 4.81. The lowest BCUT2D eigenvalue weighted by molar-refractivity contribution is 0.127. The van der Waals surface area contributed by atoms with Crippen molar-refractivity contribution in [3.05, 3.63) is 66.0 Å². The van der Waals surface area contributed by atoms with Gasteiger partial charge in [-0.3, -0.25) is 9.88 Å². The highest BCUT2D eigenvalue weighted by molar-refractivity contribution is 14.0. The predicted octanol–water partition coefficient (Wildman–Crippen LogP) is 3.93. The molecule has 1 aliphatic heterocycles. The molecule has 28 heavy (non-hydrogen) atoms. The minimum absolute atomic E-state index is 0. The molecule has 1 N–H and O–H groups in total. The lowest BCUT2D eigenvalue weighted by atomic mass is 10.0. The van der Waals surface area contributed by atoms with Gasteiger partial charge in [0, 0.05) is 45.0 Å². The third-order valence-electron chi connectivity index (χ3n) is 5.08. The van der Waals surface area contributed by atoms with Gasteiger partial charge >= 0.3 is 0 Å². The largest absolute Gasteiger partial charge is 0.357 e. The van der Waals surface area contributed by atoms with Gasteiger partial charge in [0.05, 0.1) is 12.2 Å². The van der Waals surface area contributed by atoms with Gasteiger partial charge in [-0.1, -0.05) is 43.3 Å². The molecule has 0 aliphatic carbocycles. The van der Waals surface area contributed by atoms with E-state index in [9.17, 15) is 0 Å². The summed E-state index contributed by atoms with van der Waals surface area (Å²) in [6, 6.07) is 17.3. The topological polar surface area (TPSA) is 43.8 Å². The highest BCUT2D eigenvalue weighted by atomic mass is 127. The van der Waals surface area contributed by atoms with E-state index >= 15 is 0 Å². The molecule has 1 aromatic heterocycles. The van der Waals surface area contributed by atoms with E-state index < -0.39 is 0 Å². The number of pyridine rings is 1. The summed E-state index contributed by atoms with van der Waals surface area (Å²) in [5.74, 6) is 0.996. The molecule has 1 saturated heterocycles. The Balaban J connectivity index is 0.00000280. The van der Waals surface area contributed by atoms with Crippen molar-refractivity contribution in [2.45, 2.75) is 32.9 Å². The van der Waals surface area contributed by atoms with E-state index in [2.05, 4.69) is 64.3 Å². The summed E-state index contributed by atoms with van der Waals surface area (Å²) >= 11 is 0. The van der Waals surface area contributed by atoms with Crippen LogP contribution in [0.2, 0.25) is 0 Å². The second-order valence-corrected chi connectivity index (χ2v) is 6.85. The Hall–Kier alpha value is -1.67. The summed E-state index contributed by atoms with van der Waals surface area (Å²) in [6.45, 7) is 10.0. The minimum Gasteiger partial charge on any atom is -0.357 e. The maximum Gasteiger partial charge on any atom is 0.194 e. The van der Waals surface area contributed by atoms with Gasteiger partial charge < -0.3 is 10.2 Å². The Kier molecular flexibility index (Phi) is 9.70. The average Bonchev–Trinajstić information content (AvgIpc) is 2.74. The first-order valence-electron chi connectivity index (χ1n) is 10.0. The summed E-state index contributed by atoms with van der Waals surface area (Å²) < 4.78 is 0. The fourth-order valence-electron chi connectivity index (χ4n) is 3.70. The summed E-state index contributed by atoms with van der Waals surface area (Å²) in [6.07, 6.45) is 2.96. The van der Waals surface area contributed by atoms with Crippen LogP contribution in [0.1, 0.15) is 37.6 Å². The third kappa shape index (κ3) is 6.17. The van der Waals surface area contributed by atoms with E-state index in [1.807, 2.05) is 24.4 Å². The molecule has 5 nitrogen and oxygen atoms in total. The number of halogens is 1. The highest BCUT2D eigenvalue weighted by Crippen LogP contribution is 2.25. The molecule has 1 unspecified atom stereocenters. The summed E-state index contributed by atoms with van der Waals surface area (Å²) in [5, 5.41) is 3.44. The van der Waals surface area contributed by atoms with E-state index in [1.165, 1.54) is 5.56 Å². The van der Waals surface area contributed by atoms with Gasteiger partial charge in [0.25, 0.3) is 0 Å². The van der Waals surface area contributed by atoms with Crippen molar-refractivity contribution in [2.24, 2.45) is 4.99 Å². The van der Waals surface area contributed by atoms with Crippen LogP contribution >= 0.6 is 24.0 Å².